The molecule has 0 saturated heterocycles. The molecule has 11 heavy (non-hydrogen) atoms. The van der Waals surface area contributed by atoms with Gasteiger partial charge in [0.1, 0.15) is 0 Å². The molecule has 1 aromatic heterocycles. The van der Waals surface area contributed by atoms with Crippen LogP contribution in [0.1, 0.15) is 0 Å². The molecule has 0 fully saturated rings. The van der Waals surface area contributed by atoms with Crippen molar-refractivity contribution in [3.05, 3.63) is 23.6 Å². The summed E-state index contributed by atoms with van der Waals surface area (Å²) in [4.78, 5) is 0. The van der Waals surface area contributed by atoms with Crippen molar-refractivity contribution in [2.24, 2.45) is 0 Å². The fraction of sp³-hybridized carbons (Fsp3) is 0.167. The summed E-state index contributed by atoms with van der Waals surface area (Å²) in [6.07, 6.45) is 2.99. The van der Waals surface area contributed by atoms with E-state index in [2.05, 4.69) is 6.58 Å². The molecular formula is C6H9N3OS. The smallest absolute Gasteiger partial charge is 0.212 e. The van der Waals surface area contributed by atoms with Gasteiger partial charge in [-0.05, 0) is 12.2 Å². The number of aromatic nitrogens is 2. The highest BCUT2D eigenvalue weighted by Crippen LogP contribution is 2.09. The van der Waals surface area contributed by atoms with Crippen molar-refractivity contribution in [2.75, 3.05) is 5.84 Å². The molecule has 0 saturated carbocycles. The fourth-order valence-electron chi connectivity index (χ4n) is 0.787. The van der Waals surface area contributed by atoms with Crippen LogP contribution in [0, 0.1) is 4.77 Å². The fourth-order valence-corrected chi connectivity index (χ4v) is 1.01. The van der Waals surface area contributed by atoms with Crippen LogP contribution in [-0.4, -0.2) is 14.3 Å². The van der Waals surface area contributed by atoms with Gasteiger partial charge in [-0.3, -0.25) is 4.57 Å². The Balaban J connectivity index is 3.22. The molecule has 5 heteroatoms. The van der Waals surface area contributed by atoms with Crippen LogP contribution in [0.25, 0.3) is 0 Å². The van der Waals surface area contributed by atoms with E-state index in [0.717, 1.165) is 0 Å². The number of allylic oxidation sites excluding steroid dienone is 1. The van der Waals surface area contributed by atoms with E-state index in [4.69, 9.17) is 18.1 Å². The van der Waals surface area contributed by atoms with Gasteiger partial charge in [-0.15, -0.1) is 6.58 Å². The predicted octanol–water partition coefficient (Wildman–Crippen LogP) is 0.624. The third kappa shape index (κ3) is 1.27. The second kappa shape index (κ2) is 2.79. The number of hydrogen-bond acceptors (Lipinski definition) is 3. The molecule has 0 radical (unpaired) electrons. The second-order valence-corrected chi connectivity index (χ2v) is 2.44. The van der Waals surface area contributed by atoms with Gasteiger partial charge in [-0.1, -0.05) is 6.08 Å². The molecule has 0 aliphatic carbocycles. The third-order valence-electron chi connectivity index (χ3n) is 1.29. The number of aromatic hydroxyl groups is 1. The SMILES string of the molecule is C=CCn1c(O)cn(N)c1=S. The van der Waals surface area contributed by atoms with Crippen LogP contribution in [0.15, 0.2) is 18.9 Å². The summed E-state index contributed by atoms with van der Waals surface area (Å²) in [5.74, 6) is 5.42. The number of nitrogens with two attached hydrogens (primary N) is 1. The number of nitrogens with zero attached hydrogens (tertiary/aromatic N) is 2. The largest absolute Gasteiger partial charge is 0.493 e. The molecule has 0 bridgehead atoms. The van der Waals surface area contributed by atoms with E-state index in [1.807, 2.05) is 0 Å². The highest BCUT2D eigenvalue weighted by molar-refractivity contribution is 7.71. The minimum absolute atomic E-state index is 0.0531. The number of nitrogen functional groups attached to an aromatic ring is 1. The summed E-state index contributed by atoms with van der Waals surface area (Å²) in [5.41, 5.74) is 0. The lowest BCUT2D eigenvalue weighted by atomic mass is 10.6. The van der Waals surface area contributed by atoms with Gasteiger partial charge >= 0.3 is 0 Å². The Morgan fingerprint density at radius 3 is 2.82 bits per heavy atom. The molecule has 0 aliphatic rings. The predicted molar refractivity (Wildman–Crippen MR) is 45.3 cm³/mol. The maximum atomic E-state index is 9.19. The van der Waals surface area contributed by atoms with Crippen molar-refractivity contribution in [1.29, 1.82) is 0 Å². The lowest BCUT2D eigenvalue weighted by Gasteiger charge is -1.96. The molecule has 0 atom stereocenters. The molecule has 0 amide bonds. The van der Waals surface area contributed by atoms with E-state index in [0.29, 0.717) is 11.3 Å². The molecule has 0 aliphatic heterocycles. The Morgan fingerprint density at radius 1 is 1.82 bits per heavy atom. The molecule has 0 aromatic carbocycles. The van der Waals surface area contributed by atoms with Crippen molar-refractivity contribution in [3.63, 3.8) is 0 Å². The summed E-state index contributed by atoms with van der Waals surface area (Å²) in [6.45, 7) is 3.99. The first-order valence-electron chi connectivity index (χ1n) is 3.04. The van der Waals surface area contributed by atoms with Crippen LogP contribution in [0.5, 0.6) is 5.88 Å². The van der Waals surface area contributed by atoms with Gasteiger partial charge < -0.3 is 10.9 Å². The van der Waals surface area contributed by atoms with Crippen LogP contribution in [0.4, 0.5) is 0 Å². The van der Waals surface area contributed by atoms with E-state index >= 15 is 0 Å². The Kier molecular flexibility index (Phi) is 2.00. The van der Waals surface area contributed by atoms with Crippen LogP contribution < -0.4 is 5.84 Å². The van der Waals surface area contributed by atoms with Gasteiger partial charge in [0.2, 0.25) is 10.7 Å². The van der Waals surface area contributed by atoms with Gasteiger partial charge in [-0.25, -0.2) is 4.68 Å². The topological polar surface area (TPSA) is 56.1 Å². The number of rotatable bonds is 2. The zero-order valence-electron chi connectivity index (χ0n) is 5.90. The van der Waals surface area contributed by atoms with Crippen molar-refractivity contribution < 1.29 is 5.11 Å². The van der Waals surface area contributed by atoms with Gasteiger partial charge in [0.05, 0.1) is 6.20 Å². The van der Waals surface area contributed by atoms with E-state index < -0.39 is 0 Å². The molecular weight excluding hydrogens is 162 g/mol. The standard InChI is InChI=1S/C6H9N3OS/c1-2-3-8-5(10)4-9(7)6(8)11/h2,4,10H,1,3,7H2. The number of imidazole rings is 1. The summed E-state index contributed by atoms with van der Waals surface area (Å²) >= 11 is 4.87. The van der Waals surface area contributed by atoms with Crippen LogP contribution in [0.2, 0.25) is 0 Å². The summed E-state index contributed by atoms with van der Waals surface area (Å²) in [5, 5.41) is 9.19. The monoisotopic (exact) mass is 171 g/mol. The maximum Gasteiger partial charge on any atom is 0.212 e. The molecule has 0 unspecified atom stereocenters. The number of hydrogen-bond donors (Lipinski definition) is 2. The Bertz CT molecular complexity index is 325. The van der Waals surface area contributed by atoms with Gasteiger partial charge in [-0.2, -0.15) is 0 Å². The van der Waals surface area contributed by atoms with Crippen LogP contribution in [-0.2, 0) is 6.54 Å². The van der Waals surface area contributed by atoms with Crippen LogP contribution >= 0.6 is 12.2 Å². The normalized spacial score (nSPS) is 9.82. The van der Waals surface area contributed by atoms with Crippen molar-refractivity contribution in [2.45, 2.75) is 6.54 Å². The van der Waals surface area contributed by atoms with E-state index in [9.17, 15) is 5.11 Å². The summed E-state index contributed by atoms with van der Waals surface area (Å²) < 4.78 is 3.04. The Labute approximate surface area is 69.1 Å². The zero-order valence-corrected chi connectivity index (χ0v) is 6.71. The molecule has 1 rings (SSSR count). The Morgan fingerprint density at radius 2 is 2.45 bits per heavy atom. The summed E-state index contributed by atoms with van der Waals surface area (Å²) in [6, 6.07) is 0. The van der Waals surface area contributed by atoms with Gasteiger partial charge in [0, 0.05) is 6.54 Å². The minimum Gasteiger partial charge on any atom is -0.493 e. The van der Waals surface area contributed by atoms with E-state index in [1.165, 1.54) is 15.4 Å². The maximum absolute atomic E-state index is 9.19. The molecule has 0 spiro atoms. The first-order chi connectivity index (χ1) is 5.16. The first-order valence-corrected chi connectivity index (χ1v) is 3.44. The lowest BCUT2D eigenvalue weighted by Crippen LogP contribution is -2.07. The highest BCUT2D eigenvalue weighted by atomic mass is 32.1. The van der Waals surface area contributed by atoms with Crippen molar-refractivity contribution >= 4 is 12.2 Å². The molecule has 1 aromatic rings. The molecule has 3 N–H and O–H groups in total. The van der Waals surface area contributed by atoms with E-state index in [1.54, 1.807) is 6.08 Å². The Hall–Kier alpha value is -1.23. The summed E-state index contributed by atoms with van der Waals surface area (Å²) in [7, 11) is 0. The minimum atomic E-state index is 0.0531. The van der Waals surface area contributed by atoms with Crippen molar-refractivity contribution in [1.82, 2.24) is 9.24 Å². The molecule has 4 nitrogen and oxygen atoms in total. The average molecular weight is 171 g/mol. The lowest BCUT2D eigenvalue weighted by molar-refractivity contribution is 0.425. The highest BCUT2D eigenvalue weighted by Gasteiger charge is 2.01. The van der Waals surface area contributed by atoms with Crippen molar-refractivity contribution in [3.8, 4) is 5.88 Å². The first kappa shape index (κ1) is 7.87. The van der Waals surface area contributed by atoms with Gasteiger partial charge in [0.25, 0.3) is 0 Å². The average Bonchev–Trinajstić information content (AvgIpc) is 2.17. The van der Waals surface area contributed by atoms with Gasteiger partial charge in [0.15, 0.2) is 0 Å². The third-order valence-corrected chi connectivity index (χ3v) is 1.73. The van der Waals surface area contributed by atoms with Crippen LogP contribution in [0.3, 0.4) is 0 Å². The zero-order chi connectivity index (χ0) is 8.43. The second-order valence-electron chi connectivity index (χ2n) is 2.08. The van der Waals surface area contributed by atoms with E-state index in [-0.39, 0.29) is 5.88 Å². The molecule has 60 valence electrons. The quantitative estimate of drug-likeness (QED) is 0.390. The molecule has 1 heterocycles.